The molecule has 6 nitrogen and oxygen atoms in total. The van der Waals surface area contributed by atoms with Crippen molar-refractivity contribution in [3.8, 4) is 0 Å². The summed E-state index contributed by atoms with van der Waals surface area (Å²) in [6.45, 7) is 1.30. The van der Waals surface area contributed by atoms with Crippen molar-refractivity contribution < 1.29 is 14.4 Å². The van der Waals surface area contributed by atoms with E-state index in [1.807, 2.05) is 5.43 Å². The number of hydrogen-bond donors (Lipinski definition) is 4. The Bertz CT molecular complexity index is 164. The number of nitrogens with one attached hydrogen (secondary N) is 1. The van der Waals surface area contributed by atoms with Gasteiger partial charge in [0.05, 0.1) is 6.34 Å². The molecule has 10 heavy (non-hydrogen) atoms. The van der Waals surface area contributed by atoms with E-state index < -0.39 is 13.4 Å². The second-order valence-electron chi connectivity index (χ2n) is 1.67. The van der Waals surface area contributed by atoms with Gasteiger partial charge in [0.1, 0.15) is 5.78 Å². The third-order valence-corrected chi connectivity index (χ3v) is 1.96. The van der Waals surface area contributed by atoms with E-state index in [4.69, 9.17) is 15.6 Å². The predicted molar refractivity (Wildman–Crippen MR) is 37.3 cm³/mol. The predicted octanol–water partition coefficient (Wildman–Crippen LogP) is -0.998. The summed E-state index contributed by atoms with van der Waals surface area (Å²) >= 11 is 0. The van der Waals surface area contributed by atoms with Gasteiger partial charge >= 0.3 is 7.60 Å². The summed E-state index contributed by atoms with van der Waals surface area (Å²) in [6, 6.07) is 0. The molecule has 7 heteroatoms. The zero-order valence-electron chi connectivity index (χ0n) is 5.43. The Labute approximate surface area is 58.3 Å². The Morgan fingerprint density at radius 1 is 1.80 bits per heavy atom. The summed E-state index contributed by atoms with van der Waals surface area (Å²) < 4.78 is 10.3. The SMILES string of the molecule is CC(N=CNN)P(=O)(O)O. The maximum absolute atomic E-state index is 10.3. The van der Waals surface area contributed by atoms with Crippen LogP contribution in [0.4, 0.5) is 0 Å². The van der Waals surface area contributed by atoms with Crippen molar-refractivity contribution in [2.24, 2.45) is 10.8 Å². The van der Waals surface area contributed by atoms with Gasteiger partial charge in [-0.25, -0.2) is 5.84 Å². The fourth-order valence-electron chi connectivity index (χ4n) is 0.238. The van der Waals surface area contributed by atoms with Gasteiger partial charge in [-0.15, -0.1) is 0 Å². The van der Waals surface area contributed by atoms with E-state index >= 15 is 0 Å². The molecule has 0 heterocycles. The third-order valence-electron chi connectivity index (χ3n) is 0.852. The molecule has 0 aromatic rings. The molecule has 0 saturated carbocycles. The molecule has 0 saturated heterocycles. The Morgan fingerprint density at radius 3 is 2.60 bits per heavy atom. The lowest BCUT2D eigenvalue weighted by Gasteiger charge is -2.06. The van der Waals surface area contributed by atoms with E-state index in [-0.39, 0.29) is 0 Å². The van der Waals surface area contributed by atoms with Crippen LogP contribution in [0.3, 0.4) is 0 Å². The molecule has 0 spiro atoms. The quantitative estimate of drug-likeness (QED) is 0.142. The minimum Gasteiger partial charge on any atom is -0.323 e. The lowest BCUT2D eigenvalue weighted by Crippen LogP contribution is -2.20. The van der Waals surface area contributed by atoms with E-state index in [2.05, 4.69) is 4.99 Å². The van der Waals surface area contributed by atoms with E-state index in [9.17, 15) is 4.57 Å². The van der Waals surface area contributed by atoms with E-state index in [1.165, 1.54) is 6.92 Å². The van der Waals surface area contributed by atoms with Crippen molar-refractivity contribution in [2.75, 3.05) is 0 Å². The van der Waals surface area contributed by atoms with E-state index in [1.54, 1.807) is 0 Å². The fraction of sp³-hybridized carbons (Fsp3) is 0.667. The maximum Gasteiger partial charge on any atom is 0.349 e. The molecule has 0 aromatic heterocycles. The van der Waals surface area contributed by atoms with E-state index in [0.29, 0.717) is 0 Å². The smallest absolute Gasteiger partial charge is 0.323 e. The van der Waals surface area contributed by atoms with Gasteiger partial charge in [0.15, 0.2) is 0 Å². The molecule has 0 bridgehead atoms. The molecular formula is C3H10N3O3P. The van der Waals surface area contributed by atoms with Crippen LogP contribution in [0.25, 0.3) is 0 Å². The first-order valence-electron chi connectivity index (χ1n) is 2.51. The van der Waals surface area contributed by atoms with Gasteiger partial charge in [-0.3, -0.25) is 9.56 Å². The maximum atomic E-state index is 10.3. The fourth-order valence-corrected chi connectivity index (χ4v) is 0.478. The molecule has 0 fully saturated rings. The van der Waals surface area contributed by atoms with Crippen LogP contribution in [0.1, 0.15) is 6.92 Å². The van der Waals surface area contributed by atoms with Crippen molar-refractivity contribution in [2.45, 2.75) is 12.7 Å². The number of nitrogens with zero attached hydrogens (tertiary/aromatic N) is 1. The first kappa shape index (κ1) is 9.58. The van der Waals surface area contributed by atoms with Gasteiger partial charge in [0.25, 0.3) is 0 Å². The molecular weight excluding hydrogens is 157 g/mol. The Kier molecular flexibility index (Phi) is 3.52. The van der Waals surface area contributed by atoms with Crippen molar-refractivity contribution >= 4 is 13.9 Å². The summed E-state index contributed by atoms with van der Waals surface area (Å²) in [7, 11) is -4.08. The lowest BCUT2D eigenvalue weighted by molar-refractivity contribution is 0.362. The molecule has 0 aromatic carbocycles. The first-order valence-corrected chi connectivity index (χ1v) is 4.19. The zero-order chi connectivity index (χ0) is 8.20. The first-order chi connectivity index (χ1) is 4.48. The molecule has 0 aliphatic heterocycles. The van der Waals surface area contributed by atoms with Crippen LogP contribution >= 0.6 is 7.60 Å². The summed E-state index contributed by atoms with van der Waals surface area (Å²) in [5.74, 6) is 3.73. The summed E-state index contributed by atoms with van der Waals surface area (Å²) in [6.07, 6.45) is 1.03. The zero-order valence-corrected chi connectivity index (χ0v) is 6.32. The Balaban J connectivity index is 3.98. The van der Waals surface area contributed by atoms with E-state index in [0.717, 1.165) is 6.34 Å². The van der Waals surface area contributed by atoms with Gasteiger partial charge in [-0.2, -0.15) is 0 Å². The number of hydrogen-bond acceptors (Lipinski definition) is 3. The largest absolute Gasteiger partial charge is 0.349 e. The molecule has 60 valence electrons. The van der Waals surface area contributed by atoms with Crippen molar-refractivity contribution in [3.63, 3.8) is 0 Å². The molecule has 0 aliphatic carbocycles. The third kappa shape index (κ3) is 3.58. The highest BCUT2D eigenvalue weighted by Crippen LogP contribution is 2.41. The van der Waals surface area contributed by atoms with Gasteiger partial charge in [0, 0.05) is 0 Å². The van der Waals surface area contributed by atoms with Crippen molar-refractivity contribution in [3.05, 3.63) is 0 Å². The average molecular weight is 167 g/mol. The van der Waals surface area contributed by atoms with Gasteiger partial charge in [-0.1, -0.05) is 0 Å². The minimum atomic E-state index is -4.08. The summed E-state index contributed by atoms with van der Waals surface area (Å²) in [5.41, 5.74) is 2.04. The monoisotopic (exact) mass is 167 g/mol. The molecule has 0 rings (SSSR count). The number of aliphatic imine (C=N–C) groups is 1. The van der Waals surface area contributed by atoms with Gasteiger partial charge in [-0.05, 0) is 6.92 Å². The van der Waals surface area contributed by atoms with Crippen molar-refractivity contribution in [1.29, 1.82) is 0 Å². The Morgan fingerprint density at radius 2 is 2.30 bits per heavy atom. The van der Waals surface area contributed by atoms with Gasteiger partial charge < -0.3 is 15.2 Å². The summed E-state index contributed by atoms with van der Waals surface area (Å²) in [4.78, 5) is 20.3. The number of rotatable bonds is 3. The highest BCUT2D eigenvalue weighted by molar-refractivity contribution is 7.52. The van der Waals surface area contributed by atoms with Crippen LogP contribution in [0.15, 0.2) is 4.99 Å². The van der Waals surface area contributed by atoms with Crippen molar-refractivity contribution in [1.82, 2.24) is 5.43 Å². The minimum absolute atomic E-state index is 1.03. The molecule has 0 aliphatic rings. The van der Waals surface area contributed by atoms with Gasteiger partial charge in [0.2, 0.25) is 0 Å². The average Bonchev–Trinajstić information content (AvgIpc) is 1.80. The topological polar surface area (TPSA) is 108 Å². The van der Waals surface area contributed by atoms with Crippen LogP contribution in [0.5, 0.6) is 0 Å². The second kappa shape index (κ2) is 3.68. The second-order valence-corrected chi connectivity index (χ2v) is 3.59. The summed E-state index contributed by atoms with van der Waals surface area (Å²) in [5, 5.41) is 0. The Hall–Kier alpha value is -0.420. The molecule has 1 atom stereocenters. The molecule has 1 unspecified atom stereocenters. The van der Waals surface area contributed by atoms with Crippen LogP contribution in [0, 0.1) is 0 Å². The van der Waals surface area contributed by atoms with Crippen LogP contribution in [0.2, 0.25) is 0 Å². The normalized spacial score (nSPS) is 15.6. The lowest BCUT2D eigenvalue weighted by atomic mass is 10.8. The van der Waals surface area contributed by atoms with Crippen LogP contribution < -0.4 is 11.3 Å². The molecule has 5 N–H and O–H groups in total. The van der Waals surface area contributed by atoms with Crippen LogP contribution in [-0.2, 0) is 4.57 Å². The standard InChI is InChI=1S/C3H10N3O3P/c1-3(5-2-6-4)10(7,8)9/h2-3H,4H2,1H3,(H,5,6)(H2,7,8,9). The van der Waals surface area contributed by atoms with Crippen LogP contribution in [-0.4, -0.2) is 21.9 Å². The molecule has 0 radical (unpaired) electrons. The number of hydrazine groups is 1. The highest BCUT2D eigenvalue weighted by atomic mass is 31.2. The highest BCUT2D eigenvalue weighted by Gasteiger charge is 2.21. The number of nitrogens with two attached hydrogens (primary N) is 1. The molecule has 0 amide bonds.